The van der Waals surface area contributed by atoms with Gasteiger partial charge in [-0.05, 0) is 51.8 Å². The Hall–Kier alpha value is -0.890. The molecule has 0 spiro atoms. The first kappa shape index (κ1) is 11.6. The fourth-order valence-corrected chi connectivity index (χ4v) is 2.75. The van der Waals surface area contributed by atoms with Gasteiger partial charge in [0, 0.05) is 24.0 Å². The van der Waals surface area contributed by atoms with E-state index in [9.17, 15) is 0 Å². The summed E-state index contributed by atoms with van der Waals surface area (Å²) >= 11 is 0. The van der Waals surface area contributed by atoms with E-state index in [2.05, 4.69) is 42.8 Å². The summed E-state index contributed by atoms with van der Waals surface area (Å²) in [6.45, 7) is 7.95. The van der Waals surface area contributed by atoms with E-state index >= 15 is 0 Å². The van der Waals surface area contributed by atoms with Gasteiger partial charge in [0.25, 0.3) is 0 Å². The fourth-order valence-electron chi connectivity index (χ4n) is 2.75. The van der Waals surface area contributed by atoms with Crippen molar-refractivity contribution in [3.8, 4) is 0 Å². The fraction of sp³-hybridized carbons (Fsp3) is 0.643. The largest absolute Gasteiger partial charge is 0.294 e. The van der Waals surface area contributed by atoms with Crippen LogP contribution >= 0.6 is 0 Å². The molecule has 0 N–H and O–H groups in total. The Labute approximate surface area is 98.7 Å². The Bertz CT molecular complexity index is 346. The van der Waals surface area contributed by atoms with E-state index in [1.807, 2.05) is 6.20 Å². The monoisotopic (exact) mass is 218 g/mol. The minimum Gasteiger partial charge on any atom is -0.294 e. The molecule has 1 atom stereocenters. The van der Waals surface area contributed by atoms with Gasteiger partial charge >= 0.3 is 0 Å². The molecule has 1 saturated heterocycles. The summed E-state index contributed by atoms with van der Waals surface area (Å²) in [7, 11) is 0. The number of rotatable bonds is 2. The lowest BCUT2D eigenvalue weighted by molar-refractivity contribution is 0.111. The van der Waals surface area contributed by atoms with Gasteiger partial charge in [-0.3, -0.25) is 9.88 Å². The molecule has 88 valence electrons. The zero-order chi connectivity index (χ0) is 11.5. The lowest BCUT2D eigenvalue weighted by Gasteiger charge is -2.39. The summed E-state index contributed by atoms with van der Waals surface area (Å²) in [4.78, 5) is 7.04. The molecule has 0 aliphatic carbocycles. The standard InChI is InChI=1S/C14H22N2/c1-11(2)16-10-5-4-8-14(16)13-7-6-9-15-12(13)3/h6-7,9,11,14H,4-5,8,10H2,1-3H3/t14-/m0/s1. The number of likely N-dealkylation sites (tertiary alicyclic amines) is 1. The average Bonchev–Trinajstić information content (AvgIpc) is 2.29. The highest BCUT2D eigenvalue weighted by Crippen LogP contribution is 2.33. The van der Waals surface area contributed by atoms with Crippen LogP contribution in [0.4, 0.5) is 0 Å². The van der Waals surface area contributed by atoms with Gasteiger partial charge in [0.2, 0.25) is 0 Å². The van der Waals surface area contributed by atoms with Crippen molar-refractivity contribution in [2.24, 2.45) is 0 Å². The van der Waals surface area contributed by atoms with E-state index < -0.39 is 0 Å². The summed E-state index contributed by atoms with van der Waals surface area (Å²) in [6.07, 6.45) is 5.86. The van der Waals surface area contributed by atoms with Crippen LogP contribution in [-0.2, 0) is 0 Å². The molecule has 2 heteroatoms. The Kier molecular flexibility index (Phi) is 3.59. The van der Waals surface area contributed by atoms with Crippen LogP contribution in [0.5, 0.6) is 0 Å². The summed E-state index contributed by atoms with van der Waals surface area (Å²) in [5, 5.41) is 0. The van der Waals surface area contributed by atoms with E-state index in [1.54, 1.807) is 0 Å². The van der Waals surface area contributed by atoms with Gasteiger partial charge in [-0.2, -0.15) is 0 Å². The van der Waals surface area contributed by atoms with Crippen LogP contribution in [0.25, 0.3) is 0 Å². The second-order valence-corrected chi connectivity index (χ2v) is 5.02. The highest BCUT2D eigenvalue weighted by atomic mass is 15.2. The van der Waals surface area contributed by atoms with Gasteiger partial charge in [-0.15, -0.1) is 0 Å². The van der Waals surface area contributed by atoms with Gasteiger partial charge < -0.3 is 0 Å². The van der Waals surface area contributed by atoms with Gasteiger partial charge in [-0.1, -0.05) is 12.5 Å². The van der Waals surface area contributed by atoms with Gasteiger partial charge in [0.15, 0.2) is 0 Å². The normalized spacial score (nSPS) is 22.6. The van der Waals surface area contributed by atoms with Crippen LogP contribution in [0.1, 0.15) is 50.4 Å². The summed E-state index contributed by atoms with van der Waals surface area (Å²) in [5.41, 5.74) is 2.62. The number of piperidine rings is 1. The molecule has 1 aliphatic rings. The molecular weight excluding hydrogens is 196 g/mol. The molecule has 2 rings (SSSR count). The zero-order valence-electron chi connectivity index (χ0n) is 10.6. The molecule has 0 amide bonds. The lowest BCUT2D eigenvalue weighted by Crippen LogP contribution is -2.38. The molecule has 0 unspecified atom stereocenters. The highest BCUT2D eigenvalue weighted by molar-refractivity contribution is 5.23. The molecule has 0 bridgehead atoms. The van der Waals surface area contributed by atoms with Crippen molar-refractivity contribution in [2.75, 3.05) is 6.54 Å². The smallest absolute Gasteiger partial charge is 0.0420 e. The Balaban J connectivity index is 2.27. The molecule has 1 aromatic rings. The Morgan fingerprint density at radius 3 is 2.88 bits per heavy atom. The predicted octanol–water partition coefficient (Wildman–Crippen LogP) is 3.33. The zero-order valence-corrected chi connectivity index (χ0v) is 10.6. The quantitative estimate of drug-likeness (QED) is 0.757. The van der Waals surface area contributed by atoms with Crippen LogP contribution in [-0.4, -0.2) is 22.5 Å². The van der Waals surface area contributed by atoms with Crippen LogP contribution in [0, 0.1) is 6.92 Å². The maximum Gasteiger partial charge on any atom is 0.0420 e. The molecule has 1 aromatic heterocycles. The molecular formula is C14H22N2. The van der Waals surface area contributed by atoms with E-state index in [0.29, 0.717) is 12.1 Å². The lowest BCUT2D eigenvalue weighted by atomic mass is 9.93. The number of hydrogen-bond acceptors (Lipinski definition) is 2. The van der Waals surface area contributed by atoms with Gasteiger partial charge in [0.05, 0.1) is 0 Å². The second kappa shape index (κ2) is 4.96. The van der Waals surface area contributed by atoms with Crippen LogP contribution in [0.15, 0.2) is 18.3 Å². The first-order valence-electron chi connectivity index (χ1n) is 6.37. The topological polar surface area (TPSA) is 16.1 Å². The molecule has 16 heavy (non-hydrogen) atoms. The van der Waals surface area contributed by atoms with Crippen molar-refractivity contribution < 1.29 is 0 Å². The van der Waals surface area contributed by atoms with Crippen LogP contribution in [0.2, 0.25) is 0 Å². The first-order valence-corrected chi connectivity index (χ1v) is 6.37. The summed E-state index contributed by atoms with van der Waals surface area (Å²) < 4.78 is 0. The van der Waals surface area contributed by atoms with Crippen molar-refractivity contribution >= 4 is 0 Å². The molecule has 1 fully saturated rings. The van der Waals surface area contributed by atoms with Gasteiger partial charge in [-0.25, -0.2) is 0 Å². The second-order valence-electron chi connectivity index (χ2n) is 5.02. The number of aryl methyl sites for hydroxylation is 1. The Morgan fingerprint density at radius 1 is 1.38 bits per heavy atom. The van der Waals surface area contributed by atoms with Crippen molar-refractivity contribution in [3.63, 3.8) is 0 Å². The predicted molar refractivity (Wildman–Crippen MR) is 67.4 cm³/mol. The maximum absolute atomic E-state index is 4.42. The minimum atomic E-state index is 0.586. The maximum atomic E-state index is 4.42. The number of nitrogens with zero attached hydrogens (tertiary/aromatic N) is 2. The van der Waals surface area contributed by atoms with Crippen molar-refractivity contribution in [2.45, 2.75) is 52.1 Å². The van der Waals surface area contributed by atoms with E-state index in [-0.39, 0.29) is 0 Å². The number of pyridine rings is 1. The van der Waals surface area contributed by atoms with Crippen LogP contribution in [0.3, 0.4) is 0 Å². The molecule has 2 heterocycles. The van der Waals surface area contributed by atoms with Gasteiger partial charge in [0.1, 0.15) is 0 Å². The third kappa shape index (κ3) is 2.27. The summed E-state index contributed by atoms with van der Waals surface area (Å²) in [6, 6.07) is 5.52. The summed E-state index contributed by atoms with van der Waals surface area (Å²) in [5.74, 6) is 0. The first-order chi connectivity index (χ1) is 7.70. The molecule has 0 radical (unpaired) electrons. The van der Waals surface area contributed by atoms with Crippen LogP contribution < -0.4 is 0 Å². The SMILES string of the molecule is Cc1ncccc1[C@@H]1CCCCN1C(C)C. The highest BCUT2D eigenvalue weighted by Gasteiger charge is 2.26. The average molecular weight is 218 g/mol. The number of aromatic nitrogens is 1. The van der Waals surface area contributed by atoms with Crippen molar-refractivity contribution in [1.29, 1.82) is 0 Å². The number of hydrogen-bond donors (Lipinski definition) is 0. The third-order valence-electron chi connectivity index (χ3n) is 3.61. The molecule has 0 aromatic carbocycles. The minimum absolute atomic E-state index is 0.586. The third-order valence-corrected chi connectivity index (χ3v) is 3.61. The Morgan fingerprint density at radius 2 is 2.19 bits per heavy atom. The molecule has 0 saturated carbocycles. The molecule has 2 nitrogen and oxygen atoms in total. The van der Waals surface area contributed by atoms with E-state index in [4.69, 9.17) is 0 Å². The van der Waals surface area contributed by atoms with E-state index in [1.165, 1.54) is 37.1 Å². The van der Waals surface area contributed by atoms with Crippen molar-refractivity contribution in [1.82, 2.24) is 9.88 Å². The molecule has 1 aliphatic heterocycles. The van der Waals surface area contributed by atoms with E-state index in [0.717, 1.165) is 0 Å². The van der Waals surface area contributed by atoms with Crippen molar-refractivity contribution in [3.05, 3.63) is 29.6 Å².